The van der Waals surface area contributed by atoms with E-state index in [4.69, 9.17) is 9.72 Å². The second kappa shape index (κ2) is 10.4. The Bertz CT molecular complexity index is 1360. The average molecular weight is 506 g/mol. The predicted molar refractivity (Wildman–Crippen MR) is 145 cm³/mol. The molecule has 2 saturated heterocycles. The molecule has 1 N–H and O–H groups in total. The summed E-state index contributed by atoms with van der Waals surface area (Å²) in [5.41, 5.74) is 3.16. The van der Waals surface area contributed by atoms with Crippen LogP contribution in [0.5, 0.6) is 5.75 Å². The molecule has 196 valence electrons. The lowest BCUT2D eigenvalue weighted by atomic mass is 10.1. The van der Waals surface area contributed by atoms with Gasteiger partial charge in [0.25, 0.3) is 5.56 Å². The maximum absolute atomic E-state index is 13.1. The molecule has 1 amide bonds. The van der Waals surface area contributed by atoms with E-state index in [0.717, 1.165) is 54.9 Å². The van der Waals surface area contributed by atoms with Gasteiger partial charge in [-0.3, -0.25) is 14.2 Å². The molecule has 1 atom stereocenters. The number of pyridine rings is 1. The van der Waals surface area contributed by atoms with E-state index in [1.165, 1.54) is 0 Å². The molecule has 37 heavy (non-hydrogen) atoms. The van der Waals surface area contributed by atoms with Gasteiger partial charge in [0.05, 0.1) is 18.8 Å². The van der Waals surface area contributed by atoms with Crippen LogP contribution in [0.25, 0.3) is 11.0 Å². The van der Waals surface area contributed by atoms with Crippen molar-refractivity contribution in [1.29, 1.82) is 0 Å². The maximum atomic E-state index is 13.1. The van der Waals surface area contributed by atoms with Gasteiger partial charge in [0, 0.05) is 75.1 Å². The number of likely N-dealkylation sites (tertiary alicyclic amines) is 1. The van der Waals surface area contributed by atoms with Crippen molar-refractivity contribution >= 4 is 34.3 Å². The molecule has 1 aromatic carbocycles. The first-order valence-corrected chi connectivity index (χ1v) is 12.9. The highest BCUT2D eigenvalue weighted by Gasteiger charge is 2.29. The Morgan fingerprint density at radius 1 is 1.16 bits per heavy atom. The number of ether oxygens (including phenoxy) is 1. The Morgan fingerprint density at radius 3 is 2.68 bits per heavy atom. The lowest BCUT2D eigenvalue weighted by Crippen LogP contribution is -2.44. The zero-order valence-electron chi connectivity index (χ0n) is 22.0. The highest BCUT2D eigenvalue weighted by molar-refractivity contribution is 5.80. The Kier molecular flexibility index (Phi) is 7.01. The lowest BCUT2D eigenvalue weighted by molar-refractivity contribution is -0.129. The van der Waals surface area contributed by atoms with Crippen molar-refractivity contribution in [1.82, 2.24) is 24.3 Å². The number of benzene rings is 1. The fraction of sp³-hybridized carbons (Fsp3) is 0.481. The molecule has 3 aromatic rings. The van der Waals surface area contributed by atoms with Gasteiger partial charge in [-0.15, -0.1) is 0 Å². The van der Waals surface area contributed by atoms with Gasteiger partial charge in [0.1, 0.15) is 11.4 Å². The number of piperazine rings is 1. The summed E-state index contributed by atoms with van der Waals surface area (Å²) in [6.45, 7) is 8.91. The van der Waals surface area contributed by atoms with Gasteiger partial charge in [-0.2, -0.15) is 4.98 Å². The molecule has 0 radical (unpaired) electrons. The first-order valence-electron chi connectivity index (χ1n) is 12.9. The molecule has 4 heterocycles. The van der Waals surface area contributed by atoms with E-state index in [0.29, 0.717) is 36.9 Å². The quantitative estimate of drug-likeness (QED) is 0.547. The van der Waals surface area contributed by atoms with Gasteiger partial charge < -0.3 is 24.8 Å². The molecule has 2 aliphatic rings. The monoisotopic (exact) mass is 505 g/mol. The van der Waals surface area contributed by atoms with Crippen LogP contribution in [0.1, 0.15) is 31.4 Å². The van der Waals surface area contributed by atoms with Crippen molar-refractivity contribution in [3.63, 3.8) is 0 Å². The normalized spacial score (nSPS) is 18.4. The van der Waals surface area contributed by atoms with Gasteiger partial charge in [-0.05, 0) is 38.1 Å². The van der Waals surface area contributed by atoms with Crippen LogP contribution < -0.4 is 20.5 Å². The van der Waals surface area contributed by atoms with E-state index in [9.17, 15) is 9.59 Å². The third kappa shape index (κ3) is 4.98. The molecular formula is C27H35N7O3. The number of nitrogens with one attached hydrogen (secondary N) is 1. The van der Waals surface area contributed by atoms with Crippen molar-refractivity contribution in [2.24, 2.45) is 0 Å². The minimum absolute atomic E-state index is 0.107. The Labute approximate surface area is 216 Å². The van der Waals surface area contributed by atoms with Crippen LogP contribution in [0.4, 0.5) is 17.3 Å². The summed E-state index contributed by atoms with van der Waals surface area (Å²) in [5, 5.41) is 4.11. The molecule has 0 saturated carbocycles. The van der Waals surface area contributed by atoms with Crippen LogP contribution in [0, 0.1) is 6.92 Å². The van der Waals surface area contributed by atoms with Crippen molar-refractivity contribution < 1.29 is 9.53 Å². The van der Waals surface area contributed by atoms with Crippen molar-refractivity contribution in [2.75, 3.05) is 63.6 Å². The van der Waals surface area contributed by atoms with Crippen LogP contribution in [0.3, 0.4) is 0 Å². The minimum Gasteiger partial charge on any atom is -0.494 e. The van der Waals surface area contributed by atoms with Crippen LogP contribution in [0.2, 0.25) is 0 Å². The zero-order valence-corrected chi connectivity index (χ0v) is 22.0. The number of anilines is 3. The SMILES string of the molecule is CCC(=O)N1CC[C@H](n2c(=O)cc(C)c3cnc(Nc4ccc(N5CCN(C)CC5)cc4OC)nc32)C1. The average Bonchev–Trinajstić information content (AvgIpc) is 3.38. The van der Waals surface area contributed by atoms with Crippen LogP contribution >= 0.6 is 0 Å². The number of aryl methyl sites for hydroxylation is 1. The molecule has 0 bridgehead atoms. The van der Waals surface area contributed by atoms with Crippen LogP contribution in [-0.4, -0.2) is 83.7 Å². The molecule has 2 aliphatic heterocycles. The summed E-state index contributed by atoms with van der Waals surface area (Å²) in [5.74, 6) is 1.19. The Balaban J connectivity index is 1.46. The number of nitrogens with zero attached hydrogens (tertiary/aromatic N) is 6. The highest BCUT2D eigenvalue weighted by atomic mass is 16.5. The number of fused-ring (bicyclic) bond motifs is 1. The van der Waals surface area contributed by atoms with Gasteiger partial charge >= 0.3 is 0 Å². The van der Waals surface area contributed by atoms with Crippen molar-refractivity contribution in [2.45, 2.75) is 32.7 Å². The fourth-order valence-corrected chi connectivity index (χ4v) is 5.25. The number of methoxy groups -OCH3 is 1. The molecule has 0 aliphatic carbocycles. The van der Waals surface area contributed by atoms with Crippen LogP contribution in [-0.2, 0) is 4.79 Å². The topological polar surface area (TPSA) is 95.8 Å². The highest BCUT2D eigenvalue weighted by Crippen LogP contribution is 2.32. The molecule has 0 spiro atoms. The van der Waals surface area contributed by atoms with E-state index in [-0.39, 0.29) is 17.5 Å². The largest absolute Gasteiger partial charge is 0.494 e. The molecule has 10 nitrogen and oxygen atoms in total. The summed E-state index contributed by atoms with van der Waals surface area (Å²) < 4.78 is 7.43. The molecule has 2 fully saturated rings. The van der Waals surface area contributed by atoms with E-state index in [1.54, 1.807) is 23.9 Å². The molecule has 2 aromatic heterocycles. The number of hydrogen-bond acceptors (Lipinski definition) is 8. The fourth-order valence-electron chi connectivity index (χ4n) is 5.25. The number of aromatic nitrogens is 3. The standard InChI is InChI=1S/C27H35N7O3/c1-5-24(35)33-9-8-20(17-33)34-25(36)14-18(2)21-16-28-27(30-26(21)34)29-22-7-6-19(15-23(22)37-4)32-12-10-31(3)11-13-32/h6-7,14-16,20H,5,8-13,17H2,1-4H3,(H,28,29,30)/t20-/m0/s1. The third-order valence-electron chi connectivity index (χ3n) is 7.48. The predicted octanol–water partition coefficient (Wildman–Crippen LogP) is 2.79. The van der Waals surface area contributed by atoms with Crippen LogP contribution in [0.15, 0.2) is 35.3 Å². The summed E-state index contributed by atoms with van der Waals surface area (Å²) >= 11 is 0. The number of hydrogen-bond donors (Lipinski definition) is 1. The lowest BCUT2D eigenvalue weighted by Gasteiger charge is -2.34. The molecular weight excluding hydrogens is 470 g/mol. The summed E-state index contributed by atoms with van der Waals surface area (Å²) in [6.07, 6.45) is 2.94. The second-order valence-electron chi connectivity index (χ2n) is 9.90. The van der Waals surface area contributed by atoms with Crippen molar-refractivity contribution in [3.8, 4) is 5.75 Å². The molecule has 5 rings (SSSR count). The summed E-state index contributed by atoms with van der Waals surface area (Å²) in [7, 11) is 3.79. The second-order valence-corrected chi connectivity index (χ2v) is 9.90. The first-order chi connectivity index (χ1) is 17.9. The smallest absolute Gasteiger partial charge is 0.252 e. The first kappa shape index (κ1) is 25.0. The zero-order chi connectivity index (χ0) is 26.1. The number of rotatable bonds is 6. The Hall–Kier alpha value is -3.66. The van der Waals surface area contributed by atoms with E-state index in [1.807, 2.05) is 30.9 Å². The van der Waals surface area contributed by atoms with Crippen molar-refractivity contribution in [3.05, 3.63) is 46.4 Å². The van der Waals surface area contributed by atoms with E-state index in [2.05, 4.69) is 33.2 Å². The minimum atomic E-state index is -0.119. The number of carbonyl (C=O) groups is 1. The molecule has 10 heteroatoms. The number of carbonyl (C=O) groups excluding carboxylic acids is 1. The Morgan fingerprint density at radius 2 is 1.95 bits per heavy atom. The molecule has 0 unspecified atom stereocenters. The van der Waals surface area contributed by atoms with Gasteiger partial charge in [0.2, 0.25) is 11.9 Å². The number of amides is 1. The van der Waals surface area contributed by atoms with Gasteiger partial charge in [-0.1, -0.05) is 6.92 Å². The van der Waals surface area contributed by atoms with Gasteiger partial charge in [-0.25, -0.2) is 4.98 Å². The van der Waals surface area contributed by atoms with E-state index < -0.39 is 0 Å². The van der Waals surface area contributed by atoms with Gasteiger partial charge in [0.15, 0.2) is 0 Å². The van der Waals surface area contributed by atoms with E-state index >= 15 is 0 Å². The summed E-state index contributed by atoms with van der Waals surface area (Å²) in [6, 6.07) is 7.60. The third-order valence-corrected chi connectivity index (χ3v) is 7.48. The summed E-state index contributed by atoms with van der Waals surface area (Å²) in [4.78, 5) is 41.2. The maximum Gasteiger partial charge on any atom is 0.252 e. The number of likely N-dealkylation sites (N-methyl/N-ethyl adjacent to an activating group) is 1.